The molecule has 0 saturated carbocycles. The number of hydrogen-bond acceptors (Lipinski definition) is 5. The molecule has 1 aromatic heterocycles. The van der Waals surface area contributed by atoms with Gasteiger partial charge in [-0.1, -0.05) is 12.1 Å². The summed E-state index contributed by atoms with van der Waals surface area (Å²) in [5, 5.41) is 23.1. The average Bonchev–Trinajstić information content (AvgIpc) is 2.59. The number of aliphatic carboxylic acids is 1. The van der Waals surface area contributed by atoms with Crippen LogP contribution in [0.5, 0.6) is 11.6 Å². The highest BCUT2D eigenvalue weighted by Crippen LogP contribution is 2.26. The number of aromatic nitrogens is 1. The summed E-state index contributed by atoms with van der Waals surface area (Å²) in [6.45, 7) is 4.60. The van der Waals surface area contributed by atoms with Gasteiger partial charge in [-0.2, -0.15) is 0 Å². The number of pyridine rings is 1. The van der Waals surface area contributed by atoms with E-state index in [9.17, 15) is 14.7 Å². The van der Waals surface area contributed by atoms with Gasteiger partial charge in [-0.15, -0.1) is 0 Å². The van der Waals surface area contributed by atoms with E-state index in [0.717, 1.165) is 18.1 Å². The van der Waals surface area contributed by atoms with Crippen LogP contribution in [0.15, 0.2) is 36.5 Å². The number of carbonyl (C=O) groups is 2. The van der Waals surface area contributed by atoms with E-state index in [0.29, 0.717) is 17.3 Å². The number of aryl methyl sites for hydroxylation is 1. The Hall–Kier alpha value is -3.13. The summed E-state index contributed by atoms with van der Waals surface area (Å²) >= 11 is 0. The number of nitrogens with one attached hydrogen (secondary N) is 2. The molecule has 0 saturated heterocycles. The molecule has 4 N–H and O–H groups in total. The standard InChI is InChI=1S/C18H21N3O5/c1-11-5-4-6-14(12(11)2)26-15-8-7-13(9-19-15)21-17(24)20-10-18(3,25)16(22)23/h4-9,25H,10H2,1-3H3,(H,22,23)(H2,20,21,24). The second-order valence-corrected chi connectivity index (χ2v) is 6.07. The molecule has 0 aliphatic heterocycles. The largest absolute Gasteiger partial charge is 0.479 e. The van der Waals surface area contributed by atoms with Crippen LogP contribution in [0.3, 0.4) is 0 Å². The highest BCUT2D eigenvalue weighted by Gasteiger charge is 2.30. The number of amides is 2. The smallest absolute Gasteiger partial charge is 0.337 e. The number of benzene rings is 1. The van der Waals surface area contributed by atoms with E-state index in [1.165, 1.54) is 6.20 Å². The fraction of sp³-hybridized carbons (Fsp3) is 0.278. The first-order valence-corrected chi connectivity index (χ1v) is 7.90. The van der Waals surface area contributed by atoms with E-state index in [1.807, 2.05) is 32.0 Å². The van der Waals surface area contributed by atoms with Gasteiger partial charge in [0.15, 0.2) is 5.60 Å². The third kappa shape index (κ3) is 4.93. The number of rotatable bonds is 6. The van der Waals surface area contributed by atoms with Gasteiger partial charge in [0, 0.05) is 6.07 Å². The van der Waals surface area contributed by atoms with Crippen molar-refractivity contribution in [1.82, 2.24) is 10.3 Å². The van der Waals surface area contributed by atoms with Gasteiger partial charge in [0.1, 0.15) is 5.75 Å². The molecular formula is C18H21N3O5. The SMILES string of the molecule is Cc1cccc(Oc2ccc(NC(=O)NCC(C)(O)C(=O)O)cn2)c1C. The Labute approximate surface area is 150 Å². The lowest BCUT2D eigenvalue weighted by Crippen LogP contribution is -2.47. The fourth-order valence-electron chi connectivity index (χ4n) is 1.97. The van der Waals surface area contributed by atoms with E-state index in [-0.39, 0.29) is 0 Å². The molecule has 0 bridgehead atoms. The normalized spacial score (nSPS) is 12.8. The lowest BCUT2D eigenvalue weighted by atomic mass is 10.1. The van der Waals surface area contributed by atoms with Crippen molar-refractivity contribution >= 4 is 17.7 Å². The predicted molar refractivity (Wildman–Crippen MR) is 95.5 cm³/mol. The van der Waals surface area contributed by atoms with E-state index >= 15 is 0 Å². The van der Waals surface area contributed by atoms with Crippen LogP contribution in [0, 0.1) is 13.8 Å². The van der Waals surface area contributed by atoms with Crippen molar-refractivity contribution in [3.8, 4) is 11.6 Å². The van der Waals surface area contributed by atoms with E-state index in [1.54, 1.807) is 12.1 Å². The van der Waals surface area contributed by atoms with Crippen molar-refractivity contribution in [3.05, 3.63) is 47.7 Å². The molecule has 2 aromatic rings. The number of aliphatic hydroxyl groups is 1. The van der Waals surface area contributed by atoms with E-state index in [4.69, 9.17) is 9.84 Å². The molecule has 26 heavy (non-hydrogen) atoms. The van der Waals surface area contributed by atoms with Crippen LogP contribution >= 0.6 is 0 Å². The Morgan fingerprint density at radius 1 is 1.23 bits per heavy atom. The van der Waals surface area contributed by atoms with Gasteiger partial charge in [-0.3, -0.25) is 0 Å². The maximum Gasteiger partial charge on any atom is 0.337 e. The van der Waals surface area contributed by atoms with Crippen molar-refractivity contribution < 1.29 is 24.5 Å². The highest BCUT2D eigenvalue weighted by molar-refractivity contribution is 5.89. The third-order valence-corrected chi connectivity index (χ3v) is 3.82. The summed E-state index contributed by atoms with van der Waals surface area (Å²) in [5.74, 6) is -0.349. The molecule has 2 rings (SSSR count). The minimum Gasteiger partial charge on any atom is -0.479 e. The molecule has 0 radical (unpaired) electrons. The van der Waals surface area contributed by atoms with Gasteiger partial charge < -0.3 is 25.6 Å². The molecule has 2 amide bonds. The average molecular weight is 359 g/mol. The number of carboxylic acid groups (broad SMARTS) is 1. The fourth-order valence-corrected chi connectivity index (χ4v) is 1.97. The highest BCUT2D eigenvalue weighted by atomic mass is 16.5. The number of nitrogens with zero attached hydrogens (tertiary/aromatic N) is 1. The molecule has 138 valence electrons. The number of urea groups is 1. The van der Waals surface area contributed by atoms with Crippen LogP contribution in [0.25, 0.3) is 0 Å². The molecule has 8 heteroatoms. The second kappa shape index (κ2) is 7.83. The minimum absolute atomic E-state index is 0.374. The molecule has 8 nitrogen and oxygen atoms in total. The zero-order chi connectivity index (χ0) is 19.3. The summed E-state index contributed by atoms with van der Waals surface area (Å²) in [5.41, 5.74) is 0.473. The predicted octanol–water partition coefficient (Wildman–Crippen LogP) is 2.45. The van der Waals surface area contributed by atoms with Crippen LogP contribution in [0.4, 0.5) is 10.5 Å². The van der Waals surface area contributed by atoms with E-state index < -0.39 is 24.1 Å². The van der Waals surface area contributed by atoms with Gasteiger partial charge >= 0.3 is 12.0 Å². The second-order valence-electron chi connectivity index (χ2n) is 6.07. The maximum absolute atomic E-state index is 11.8. The van der Waals surface area contributed by atoms with Gasteiger partial charge in [-0.25, -0.2) is 14.6 Å². The number of anilines is 1. The topological polar surface area (TPSA) is 121 Å². The van der Waals surface area contributed by atoms with Crippen LogP contribution in [0.2, 0.25) is 0 Å². The van der Waals surface area contributed by atoms with Crippen LogP contribution in [-0.2, 0) is 4.79 Å². The van der Waals surface area contributed by atoms with Crippen molar-refractivity contribution in [1.29, 1.82) is 0 Å². The molecule has 1 atom stereocenters. The van der Waals surface area contributed by atoms with Crippen molar-refractivity contribution in [2.24, 2.45) is 0 Å². The Kier molecular flexibility index (Phi) is 5.78. The number of hydrogen-bond donors (Lipinski definition) is 4. The van der Waals surface area contributed by atoms with Crippen molar-refractivity contribution in [2.75, 3.05) is 11.9 Å². The van der Waals surface area contributed by atoms with E-state index in [2.05, 4.69) is 15.6 Å². The van der Waals surface area contributed by atoms with Crippen LogP contribution < -0.4 is 15.4 Å². The lowest BCUT2D eigenvalue weighted by Gasteiger charge is -2.18. The van der Waals surface area contributed by atoms with Gasteiger partial charge in [0.2, 0.25) is 5.88 Å². The molecule has 0 fully saturated rings. The Balaban J connectivity index is 1.94. The van der Waals surface area contributed by atoms with Crippen molar-refractivity contribution in [2.45, 2.75) is 26.4 Å². The van der Waals surface area contributed by atoms with Crippen molar-refractivity contribution in [3.63, 3.8) is 0 Å². The first kappa shape index (κ1) is 19.2. The summed E-state index contributed by atoms with van der Waals surface area (Å²) in [4.78, 5) is 26.7. The molecule has 0 spiro atoms. The van der Waals surface area contributed by atoms with Gasteiger partial charge in [0.05, 0.1) is 18.4 Å². The molecular weight excluding hydrogens is 338 g/mol. The Bertz CT molecular complexity index is 803. The third-order valence-electron chi connectivity index (χ3n) is 3.82. The quantitative estimate of drug-likeness (QED) is 0.629. The summed E-state index contributed by atoms with van der Waals surface area (Å²) in [6, 6.07) is 8.27. The summed E-state index contributed by atoms with van der Waals surface area (Å²) < 4.78 is 5.73. The molecule has 1 aromatic carbocycles. The number of carbonyl (C=O) groups excluding carboxylic acids is 1. The molecule has 1 heterocycles. The maximum atomic E-state index is 11.8. The van der Waals surface area contributed by atoms with Crippen LogP contribution in [0.1, 0.15) is 18.1 Å². The van der Waals surface area contributed by atoms with Crippen LogP contribution in [-0.4, -0.2) is 39.3 Å². The zero-order valence-corrected chi connectivity index (χ0v) is 14.7. The molecule has 0 aliphatic rings. The molecule has 1 unspecified atom stereocenters. The monoisotopic (exact) mass is 359 g/mol. The summed E-state index contributed by atoms with van der Waals surface area (Å²) in [6.07, 6.45) is 1.41. The first-order valence-electron chi connectivity index (χ1n) is 7.90. The number of ether oxygens (including phenoxy) is 1. The van der Waals surface area contributed by atoms with Gasteiger partial charge in [-0.05, 0) is 44.0 Å². The van der Waals surface area contributed by atoms with Gasteiger partial charge in [0.25, 0.3) is 0 Å². The summed E-state index contributed by atoms with van der Waals surface area (Å²) in [7, 11) is 0. The minimum atomic E-state index is -2.04. The Morgan fingerprint density at radius 2 is 1.96 bits per heavy atom. The lowest BCUT2D eigenvalue weighted by molar-refractivity contribution is -0.155. The number of carboxylic acids is 1. The Morgan fingerprint density at radius 3 is 2.58 bits per heavy atom. The molecule has 0 aliphatic carbocycles. The first-order chi connectivity index (χ1) is 12.2. The zero-order valence-electron chi connectivity index (χ0n) is 14.7.